The van der Waals surface area contributed by atoms with Crippen molar-refractivity contribution in [1.82, 2.24) is 10.6 Å². The quantitative estimate of drug-likeness (QED) is 0.550. The summed E-state index contributed by atoms with van der Waals surface area (Å²) in [6, 6.07) is 4.28. The number of carbonyl (C=O) groups excluding carboxylic acids is 3. The van der Waals surface area contributed by atoms with Gasteiger partial charge in [-0.1, -0.05) is 15.9 Å². The Kier molecular flexibility index (Phi) is 5.02. The molecule has 1 aliphatic rings. The third-order valence-electron chi connectivity index (χ3n) is 3.04. The lowest BCUT2D eigenvalue weighted by atomic mass is 10.2. The van der Waals surface area contributed by atoms with Crippen LogP contribution in [0.1, 0.15) is 30.1 Å². The van der Waals surface area contributed by atoms with Crippen LogP contribution in [0.25, 0.3) is 0 Å². The summed E-state index contributed by atoms with van der Waals surface area (Å²) in [4.78, 5) is 35.2. The van der Waals surface area contributed by atoms with Gasteiger partial charge in [-0.05, 0) is 38.0 Å². The van der Waals surface area contributed by atoms with Crippen molar-refractivity contribution in [3.05, 3.63) is 28.2 Å². The highest BCUT2D eigenvalue weighted by Gasteiger charge is 2.26. The second kappa shape index (κ2) is 6.78. The van der Waals surface area contributed by atoms with Gasteiger partial charge in [-0.25, -0.2) is 9.59 Å². The van der Waals surface area contributed by atoms with Crippen LogP contribution in [0.15, 0.2) is 22.7 Å². The minimum Gasteiger partial charge on any atom is -0.449 e. The molecule has 1 saturated carbocycles. The maximum absolute atomic E-state index is 12.0. The largest absolute Gasteiger partial charge is 0.449 e. The van der Waals surface area contributed by atoms with Gasteiger partial charge in [-0.3, -0.25) is 10.1 Å². The Morgan fingerprint density at radius 1 is 1.36 bits per heavy atom. The van der Waals surface area contributed by atoms with Gasteiger partial charge < -0.3 is 15.8 Å². The van der Waals surface area contributed by atoms with E-state index in [1.165, 1.54) is 13.0 Å². The monoisotopic (exact) mass is 369 g/mol. The number of nitrogens with one attached hydrogen (secondary N) is 2. The summed E-state index contributed by atoms with van der Waals surface area (Å²) in [6.07, 6.45) is 0.707. The second-order valence-electron chi connectivity index (χ2n) is 5.02. The molecule has 118 valence electrons. The number of rotatable bonds is 4. The van der Waals surface area contributed by atoms with E-state index < -0.39 is 24.0 Å². The van der Waals surface area contributed by atoms with Crippen LogP contribution in [0.3, 0.4) is 0 Å². The van der Waals surface area contributed by atoms with E-state index in [0.29, 0.717) is 4.47 Å². The van der Waals surface area contributed by atoms with Crippen LogP contribution in [0.2, 0.25) is 0 Å². The number of benzene rings is 1. The number of carbonyl (C=O) groups is 3. The van der Waals surface area contributed by atoms with Crippen molar-refractivity contribution in [2.24, 2.45) is 0 Å². The normalized spacial score (nSPS) is 14.8. The zero-order valence-corrected chi connectivity index (χ0v) is 13.5. The number of hydrogen-bond donors (Lipinski definition) is 3. The average molecular weight is 370 g/mol. The van der Waals surface area contributed by atoms with E-state index in [-0.39, 0.29) is 17.3 Å². The van der Waals surface area contributed by atoms with Gasteiger partial charge in [0.15, 0.2) is 6.10 Å². The number of anilines is 1. The summed E-state index contributed by atoms with van der Waals surface area (Å²) in [5.41, 5.74) is 6.09. The topological polar surface area (TPSA) is 111 Å². The number of halogens is 1. The van der Waals surface area contributed by atoms with Crippen LogP contribution in [-0.2, 0) is 9.53 Å². The molecule has 0 heterocycles. The highest BCUT2D eigenvalue weighted by atomic mass is 79.9. The van der Waals surface area contributed by atoms with Crippen molar-refractivity contribution in [2.75, 3.05) is 5.73 Å². The molecule has 1 aliphatic carbocycles. The van der Waals surface area contributed by atoms with Crippen molar-refractivity contribution in [2.45, 2.75) is 31.9 Å². The smallest absolute Gasteiger partial charge is 0.341 e. The van der Waals surface area contributed by atoms with Crippen molar-refractivity contribution >= 4 is 39.5 Å². The Morgan fingerprint density at radius 3 is 2.68 bits per heavy atom. The first-order valence-electron chi connectivity index (χ1n) is 6.74. The van der Waals surface area contributed by atoms with Crippen LogP contribution >= 0.6 is 15.9 Å². The number of urea groups is 1. The number of nitrogens with two attached hydrogens (primary N) is 1. The van der Waals surface area contributed by atoms with E-state index in [2.05, 4.69) is 26.6 Å². The molecule has 1 fully saturated rings. The molecule has 0 aromatic heterocycles. The number of esters is 1. The van der Waals surface area contributed by atoms with E-state index in [1.807, 2.05) is 0 Å². The number of nitrogen functional groups attached to an aromatic ring is 1. The standard InChI is InChI=1S/C14H16BrN3O4/c1-7(12(19)18-14(21)17-9-3-4-9)22-13(20)10-6-8(15)2-5-11(10)16/h2,5-7,9H,3-4,16H2,1H3,(H2,17,18,19,21)/t7-/m0/s1. The first-order valence-corrected chi connectivity index (χ1v) is 7.53. The molecule has 4 N–H and O–H groups in total. The Morgan fingerprint density at radius 2 is 2.05 bits per heavy atom. The summed E-state index contributed by atoms with van der Waals surface area (Å²) >= 11 is 3.23. The molecule has 7 nitrogen and oxygen atoms in total. The first kappa shape index (κ1) is 16.3. The van der Waals surface area contributed by atoms with Gasteiger partial charge in [0.1, 0.15) is 0 Å². The van der Waals surface area contributed by atoms with Crippen LogP contribution in [0.5, 0.6) is 0 Å². The number of imide groups is 1. The Balaban J connectivity index is 1.90. The number of hydrogen-bond acceptors (Lipinski definition) is 5. The van der Waals surface area contributed by atoms with Gasteiger partial charge in [-0.15, -0.1) is 0 Å². The molecular weight excluding hydrogens is 354 g/mol. The predicted octanol–water partition coefficient (Wildman–Crippen LogP) is 1.56. The summed E-state index contributed by atoms with van der Waals surface area (Å²) in [6.45, 7) is 1.38. The third-order valence-corrected chi connectivity index (χ3v) is 3.53. The Labute approximate surface area is 135 Å². The molecule has 0 saturated heterocycles. The first-order chi connectivity index (χ1) is 10.4. The minimum atomic E-state index is -1.11. The molecule has 2 rings (SSSR count). The molecule has 22 heavy (non-hydrogen) atoms. The van der Waals surface area contributed by atoms with Crippen LogP contribution in [0.4, 0.5) is 10.5 Å². The lowest BCUT2D eigenvalue weighted by Gasteiger charge is -2.14. The van der Waals surface area contributed by atoms with Crippen molar-refractivity contribution in [3.63, 3.8) is 0 Å². The van der Waals surface area contributed by atoms with Gasteiger partial charge in [0, 0.05) is 16.2 Å². The fourth-order valence-corrected chi connectivity index (χ4v) is 2.01. The Bertz CT molecular complexity index is 616. The van der Waals surface area contributed by atoms with Gasteiger partial charge in [-0.2, -0.15) is 0 Å². The molecule has 3 amide bonds. The summed E-state index contributed by atoms with van der Waals surface area (Å²) < 4.78 is 5.69. The molecule has 0 spiro atoms. The van der Waals surface area contributed by atoms with Gasteiger partial charge in [0.05, 0.1) is 5.56 Å². The molecular formula is C14H16BrN3O4. The average Bonchev–Trinajstić information content (AvgIpc) is 3.24. The molecule has 8 heteroatoms. The Hall–Kier alpha value is -2.09. The summed E-state index contributed by atoms with van der Waals surface area (Å²) in [5.74, 6) is -1.43. The fraction of sp³-hybridized carbons (Fsp3) is 0.357. The fourth-order valence-electron chi connectivity index (χ4n) is 1.65. The van der Waals surface area contributed by atoms with Crippen LogP contribution < -0.4 is 16.4 Å². The van der Waals surface area contributed by atoms with Gasteiger partial charge >= 0.3 is 12.0 Å². The SMILES string of the molecule is C[C@H](OC(=O)c1cc(Br)ccc1N)C(=O)NC(=O)NC1CC1. The third kappa shape index (κ3) is 4.45. The summed E-state index contributed by atoms with van der Waals surface area (Å²) in [5, 5.41) is 4.73. The molecule has 1 aromatic rings. The lowest BCUT2D eigenvalue weighted by molar-refractivity contribution is -0.127. The molecule has 0 bridgehead atoms. The van der Waals surface area contributed by atoms with E-state index in [1.54, 1.807) is 12.1 Å². The maximum Gasteiger partial charge on any atom is 0.341 e. The van der Waals surface area contributed by atoms with Crippen LogP contribution in [0, 0.1) is 0 Å². The predicted molar refractivity (Wildman–Crippen MR) is 83.1 cm³/mol. The second-order valence-corrected chi connectivity index (χ2v) is 5.93. The van der Waals surface area contributed by atoms with E-state index in [9.17, 15) is 14.4 Å². The minimum absolute atomic E-state index is 0.132. The number of ether oxygens (including phenoxy) is 1. The highest BCUT2D eigenvalue weighted by molar-refractivity contribution is 9.10. The molecule has 1 atom stereocenters. The van der Waals surface area contributed by atoms with Crippen molar-refractivity contribution in [3.8, 4) is 0 Å². The highest BCUT2D eigenvalue weighted by Crippen LogP contribution is 2.20. The van der Waals surface area contributed by atoms with E-state index in [0.717, 1.165) is 12.8 Å². The molecule has 0 radical (unpaired) electrons. The van der Waals surface area contributed by atoms with Gasteiger partial charge in [0.2, 0.25) is 0 Å². The zero-order chi connectivity index (χ0) is 16.3. The zero-order valence-electron chi connectivity index (χ0n) is 11.9. The maximum atomic E-state index is 12.0. The summed E-state index contributed by atoms with van der Waals surface area (Å²) in [7, 11) is 0. The molecule has 0 unspecified atom stereocenters. The number of amides is 3. The lowest BCUT2D eigenvalue weighted by Crippen LogP contribution is -2.45. The van der Waals surface area contributed by atoms with Crippen molar-refractivity contribution in [1.29, 1.82) is 0 Å². The van der Waals surface area contributed by atoms with Gasteiger partial charge in [0.25, 0.3) is 5.91 Å². The van der Waals surface area contributed by atoms with E-state index in [4.69, 9.17) is 10.5 Å². The van der Waals surface area contributed by atoms with Crippen molar-refractivity contribution < 1.29 is 19.1 Å². The molecule has 1 aromatic carbocycles. The van der Waals surface area contributed by atoms with Crippen LogP contribution in [-0.4, -0.2) is 30.1 Å². The molecule has 0 aliphatic heterocycles. The van der Waals surface area contributed by atoms with E-state index >= 15 is 0 Å².